The van der Waals surface area contributed by atoms with E-state index in [1.165, 1.54) is 6.42 Å². The van der Waals surface area contributed by atoms with E-state index in [1.54, 1.807) is 13.2 Å². The minimum atomic E-state index is -0.156. The number of likely N-dealkylation sites (tertiary alicyclic amines) is 1. The van der Waals surface area contributed by atoms with Gasteiger partial charge in [-0.05, 0) is 32.3 Å². The van der Waals surface area contributed by atoms with Gasteiger partial charge in [0.2, 0.25) is 0 Å². The van der Waals surface area contributed by atoms with E-state index in [4.69, 9.17) is 15.2 Å². The van der Waals surface area contributed by atoms with Crippen LogP contribution in [0.3, 0.4) is 0 Å². The molecular weight excluding hydrogens is 268 g/mol. The minimum absolute atomic E-state index is 0.0353. The Bertz CT molecular complexity index is 482. The summed E-state index contributed by atoms with van der Waals surface area (Å²) in [7, 11) is 1.60. The van der Waals surface area contributed by atoms with Gasteiger partial charge < -0.3 is 20.1 Å². The SMILES string of the molecule is COc1ccc([C@H](C)N)c(OCC(=O)N2CCCCC2)c1. The van der Waals surface area contributed by atoms with Gasteiger partial charge in [0, 0.05) is 30.8 Å². The number of methoxy groups -OCH3 is 1. The maximum absolute atomic E-state index is 12.1. The predicted molar refractivity (Wildman–Crippen MR) is 81.5 cm³/mol. The van der Waals surface area contributed by atoms with Crippen LogP contribution in [0.4, 0.5) is 0 Å². The van der Waals surface area contributed by atoms with Crippen molar-refractivity contribution in [2.75, 3.05) is 26.8 Å². The van der Waals surface area contributed by atoms with Crippen molar-refractivity contribution in [3.05, 3.63) is 23.8 Å². The van der Waals surface area contributed by atoms with Crippen molar-refractivity contribution in [3.63, 3.8) is 0 Å². The van der Waals surface area contributed by atoms with Crippen LogP contribution in [0, 0.1) is 0 Å². The smallest absolute Gasteiger partial charge is 0.260 e. The summed E-state index contributed by atoms with van der Waals surface area (Å²) < 4.78 is 10.9. The number of piperidine rings is 1. The summed E-state index contributed by atoms with van der Waals surface area (Å²) in [6.07, 6.45) is 3.36. The van der Waals surface area contributed by atoms with E-state index >= 15 is 0 Å². The Kier molecular flexibility index (Phi) is 5.44. The van der Waals surface area contributed by atoms with Crippen LogP contribution in [0.15, 0.2) is 18.2 Å². The zero-order valence-electron chi connectivity index (χ0n) is 12.8. The maximum Gasteiger partial charge on any atom is 0.260 e. The lowest BCUT2D eigenvalue weighted by atomic mass is 10.1. The topological polar surface area (TPSA) is 64.8 Å². The molecule has 5 nitrogen and oxygen atoms in total. The van der Waals surface area contributed by atoms with E-state index in [9.17, 15) is 4.79 Å². The number of hydrogen-bond acceptors (Lipinski definition) is 4. The first-order valence-electron chi connectivity index (χ1n) is 7.46. The average Bonchev–Trinajstić information content (AvgIpc) is 2.52. The fourth-order valence-electron chi connectivity index (χ4n) is 2.52. The highest BCUT2D eigenvalue weighted by atomic mass is 16.5. The van der Waals surface area contributed by atoms with Crippen molar-refractivity contribution < 1.29 is 14.3 Å². The summed E-state index contributed by atoms with van der Waals surface area (Å²) in [5, 5.41) is 0. The van der Waals surface area contributed by atoms with Crippen molar-refractivity contribution in [2.24, 2.45) is 5.73 Å². The third-order valence-corrected chi connectivity index (χ3v) is 3.77. The molecule has 1 aromatic rings. The van der Waals surface area contributed by atoms with E-state index < -0.39 is 0 Å². The molecule has 0 aromatic heterocycles. The second kappa shape index (κ2) is 7.31. The molecule has 0 aliphatic carbocycles. The monoisotopic (exact) mass is 292 g/mol. The van der Waals surface area contributed by atoms with Gasteiger partial charge >= 0.3 is 0 Å². The van der Waals surface area contributed by atoms with Gasteiger partial charge in [-0.1, -0.05) is 6.07 Å². The maximum atomic E-state index is 12.1. The standard InChI is InChI=1S/C16H24N2O3/c1-12(17)14-7-6-13(20-2)10-15(14)21-11-16(19)18-8-4-3-5-9-18/h6-7,10,12H,3-5,8-9,11,17H2,1-2H3/t12-/m0/s1. The Morgan fingerprint density at radius 2 is 2.05 bits per heavy atom. The van der Waals surface area contributed by atoms with Gasteiger partial charge in [0.25, 0.3) is 5.91 Å². The summed E-state index contributed by atoms with van der Waals surface area (Å²) in [6, 6.07) is 5.35. The van der Waals surface area contributed by atoms with Crippen molar-refractivity contribution in [3.8, 4) is 11.5 Å². The fourth-order valence-corrected chi connectivity index (χ4v) is 2.52. The first-order valence-corrected chi connectivity index (χ1v) is 7.46. The Morgan fingerprint density at radius 1 is 1.33 bits per heavy atom. The van der Waals surface area contributed by atoms with Crippen LogP contribution in [0.5, 0.6) is 11.5 Å². The molecule has 1 aliphatic heterocycles. The Hall–Kier alpha value is -1.75. The van der Waals surface area contributed by atoms with Crippen LogP contribution in [-0.2, 0) is 4.79 Å². The molecule has 116 valence electrons. The molecule has 1 aromatic carbocycles. The molecular formula is C16H24N2O3. The van der Waals surface area contributed by atoms with E-state index in [0.717, 1.165) is 31.5 Å². The molecule has 1 amide bonds. The van der Waals surface area contributed by atoms with Crippen LogP contribution >= 0.6 is 0 Å². The second-order valence-electron chi connectivity index (χ2n) is 5.42. The van der Waals surface area contributed by atoms with E-state index in [0.29, 0.717) is 11.5 Å². The lowest BCUT2D eigenvalue weighted by Gasteiger charge is -2.26. The van der Waals surface area contributed by atoms with Crippen LogP contribution in [0.1, 0.15) is 37.8 Å². The Balaban J connectivity index is 2.02. The molecule has 0 spiro atoms. The van der Waals surface area contributed by atoms with Gasteiger partial charge in [-0.2, -0.15) is 0 Å². The molecule has 1 aliphatic rings. The molecule has 2 rings (SSSR count). The highest BCUT2D eigenvalue weighted by molar-refractivity contribution is 5.77. The number of carbonyl (C=O) groups is 1. The van der Waals surface area contributed by atoms with Crippen molar-refractivity contribution in [1.29, 1.82) is 0 Å². The number of nitrogens with two attached hydrogens (primary N) is 1. The number of ether oxygens (including phenoxy) is 2. The Labute approximate surface area is 126 Å². The molecule has 0 saturated carbocycles. The molecule has 0 unspecified atom stereocenters. The normalized spacial score (nSPS) is 16.4. The van der Waals surface area contributed by atoms with Gasteiger partial charge in [0.15, 0.2) is 6.61 Å². The predicted octanol–water partition coefficient (Wildman–Crippen LogP) is 2.11. The molecule has 1 fully saturated rings. The molecule has 1 atom stereocenters. The third kappa shape index (κ3) is 4.11. The van der Waals surface area contributed by atoms with Crippen molar-refractivity contribution >= 4 is 5.91 Å². The Morgan fingerprint density at radius 3 is 2.67 bits per heavy atom. The summed E-state index contributed by atoms with van der Waals surface area (Å²) >= 11 is 0. The number of carbonyl (C=O) groups excluding carboxylic acids is 1. The quantitative estimate of drug-likeness (QED) is 0.902. The van der Waals surface area contributed by atoms with Crippen molar-refractivity contribution in [2.45, 2.75) is 32.2 Å². The summed E-state index contributed by atoms with van der Waals surface area (Å²) in [5.74, 6) is 1.35. The largest absolute Gasteiger partial charge is 0.497 e. The van der Waals surface area contributed by atoms with E-state index in [-0.39, 0.29) is 18.6 Å². The molecule has 1 heterocycles. The summed E-state index contributed by atoms with van der Waals surface area (Å²) in [6.45, 7) is 3.61. The van der Waals surface area contributed by atoms with E-state index in [1.807, 2.05) is 24.0 Å². The lowest BCUT2D eigenvalue weighted by molar-refractivity contribution is -0.134. The van der Waals surface area contributed by atoms with Gasteiger partial charge in [-0.25, -0.2) is 0 Å². The number of rotatable bonds is 5. The number of amides is 1. The van der Waals surface area contributed by atoms with Gasteiger partial charge in [-0.3, -0.25) is 4.79 Å². The molecule has 1 saturated heterocycles. The van der Waals surface area contributed by atoms with E-state index in [2.05, 4.69) is 0 Å². The highest BCUT2D eigenvalue weighted by Crippen LogP contribution is 2.28. The highest BCUT2D eigenvalue weighted by Gasteiger charge is 2.18. The number of nitrogens with zero attached hydrogens (tertiary/aromatic N) is 1. The summed E-state index contributed by atoms with van der Waals surface area (Å²) in [5.41, 5.74) is 6.82. The molecule has 21 heavy (non-hydrogen) atoms. The third-order valence-electron chi connectivity index (χ3n) is 3.77. The first-order chi connectivity index (χ1) is 10.1. The second-order valence-corrected chi connectivity index (χ2v) is 5.42. The molecule has 2 N–H and O–H groups in total. The summed E-state index contributed by atoms with van der Waals surface area (Å²) in [4.78, 5) is 14.0. The average molecular weight is 292 g/mol. The number of hydrogen-bond donors (Lipinski definition) is 1. The van der Waals surface area contributed by atoms with Crippen LogP contribution in [-0.4, -0.2) is 37.6 Å². The lowest BCUT2D eigenvalue weighted by Crippen LogP contribution is -2.38. The molecule has 5 heteroatoms. The minimum Gasteiger partial charge on any atom is -0.497 e. The van der Waals surface area contributed by atoms with Gasteiger partial charge in [-0.15, -0.1) is 0 Å². The molecule has 0 bridgehead atoms. The van der Waals surface area contributed by atoms with Gasteiger partial charge in [0.1, 0.15) is 11.5 Å². The zero-order valence-corrected chi connectivity index (χ0v) is 12.8. The van der Waals surface area contributed by atoms with Crippen LogP contribution < -0.4 is 15.2 Å². The van der Waals surface area contributed by atoms with Crippen LogP contribution in [0.2, 0.25) is 0 Å². The number of benzene rings is 1. The zero-order chi connectivity index (χ0) is 15.2. The fraction of sp³-hybridized carbons (Fsp3) is 0.562. The molecule has 0 radical (unpaired) electrons. The van der Waals surface area contributed by atoms with Crippen LogP contribution in [0.25, 0.3) is 0 Å². The first kappa shape index (κ1) is 15.6. The van der Waals surface area contributed by atoms with Crippen molar-refractivity contribution in [1.82, 2.24) is 4.90 Å². The van der Waals surface area contributed by atoms with Gasteiger partial charge in [0.05, 0.1) is 7.11 Å².